The molecule has 0 N–H and O–H groups in total. The van der Waals surface area contributed by atoms with Crippen molar-refractivity contribution >= 4 is 17.5 Å². The molecule has 132 valence electrons. The van der Waals surface area contributed by atoms with Crippen LogP contribution in [0.15, 0.2) is 42.5 Å². The zero-order chi connectivity index (χ0) is 17.6. The lowest BCUT2D eigenvalue weighted by Gasteiger charge is -2.27. The molecule has 1 heterocycles. The summed E-state index contributed by atoms with van der Waals surface area (Å²) in [5.41, 5.74) is 1.58. The van der Waals surface area contributed by atoms with E-state index in [2.05, 4.69) is 0 Å². The molecule has 1 aliphatic heterocycles. The number of carbonyl (C=O) groups is 1. The summed E-state index contributed by atoms with van der Waals surface area (Å²) in [7, 11) is 1.56. The minimum atomic E-state index is -0.0224. The van der Waals surface area contributed by atoms with Crippen molar-refractivity contribution in [1.29, 1.82) is 0 Å². The molecule has 2 aromatic rings. The van der Waals surface area contributed by atoms with Crippen molar-refractivity contribution < 1.29 is 19.0 Å². The van der Waals surface area contributed by atoms with Gasteiger partial charge in [-0.2, -0.15) is 0 Å². The van der Waals surface area contributed by atoms with Gasteiger partial charge in [0.15, 0.2) is 11.5 Å². The molecule has 6 heteroatoms. The van der Waals surface area contributed by atoms with Gasteiger partial charge in [-0.3, -0.25) is 4.79 Å². The summed E-state index contributed by atoms with van der Waals surface area (Å²) in [6.45, 7) is 2.76. The number of carbonyl (C=O) groups excluding carboxylic acids is 1. The number of amides is 1. The molecule has 3 rings (SSSR count). The Hall–Kier alpha value is -2.24. The van der Waals surface area contributed by atoms with E-state index in [-0.39, 0.29) is 5.91 Å². The van der Waals surface area contributed by atoms with Gasteiger partial charge in [0.25, 0.3) is 5.91 Å². The molecule has 0 radical (unpaired) electrons. The van der Waals surface area contributed by atoms with Crippen molar-refractivity contribution in [1.82, 2.24) is 4.90 Å². The maximum absolute atomic E-state index is 12.6. The van der Waals surface area contributed by atoms with Gasteiger partial charge in [0, 0.05) is 23.7 Å². The van der Waals surface area contributed by atoms with Crippen LogP contribution in [0.25, 0.3) is 0 Å². The molecule has 5 nitrogen and oxygen atoms in total. The Labute approximate surface area is 152 Å². The third-order valence-electron chi connectivity index (χ3n) is 4.02. The minimum absolute atomic E-state index is 0.0224. The number of halogens is 1. The summed E-state index contributed by atoms with van der Waals surface area (Å²) in [6.07, 6.45) is 0. The van der Waals surface area contributed by atoms with Crippen LogP contribution in [-0.4, -0.2) is 44.2 Å². The van der Waals surface area contributed by atoms with Crippen LogP contribution >= 0.6 is 11.6 Å². The molecule has 25 heavy (non-hydrogen) atoms. The number of hydrogen-bond acceptors (Lipinski definition) is 4. The highest BCUT2D eigenvalue weighted by Crippen LogP contribution is 2.29. The van der Waals surface area contributed by atoms with Gasteiger partial charge in [0.1, 0.15) is 6.61 Å². The highest BCUT2D eigenvalue weighted by molar-refractivity contribution is 6.30. The zero-order valence-corrected chi connectivity index (χ0v) is 14.8. The summed E-state index contributed by atoms with van der Waals surface area (Å²) in [5, 5.41) is 0.687. The van der Waals surface area contributed by atoms with E-state index >= 15 is 0 Å². The van der Waals surface area contributed by atoms with Crippen molar-refractivity contribution in [3.63, 3.8) is 0 Å². The lowest BCUT2D eigenvalue weighted by molar-refractivity contribution is 0.0302. The Bertz CT molecular complexity index is 727. The fraction of sp³-hybridized carbons (Fsp3) is 0.316. The summed E-state index contributed by atoms with van der Waals surface area (Å²) in [6, 6.07) is 12.7. The van der Waals surface area contributed by atoms with E-state index in [0.717, 1.165) is 5.56 Å². The summed E-state index contributed by atoms with van der Waals surface area (Å²) < 4.78 is 16.5. The predicted molar refractivity (Wildman–Crippen MR) is 95.5 cm³/mol. The number of nitrogens with zero attached hydrogens (tertiary/aromatic N) is 1. The Morgan fingerprint density at radius 3 is 2.52 bits per heavy atom. The lowest BCUT2D eigenvalue weighted by Crippen LogP contribution is -2.40. The molecule has 0 spiro atoms. The van der Waals surface area contributed by atoms with Crippen LogP contribution in [0, 0.1) is 0 Å². The van der Waals surface area contributed by atoms with Crippen LogP contribution in [0.4, 0.5) is 0 Å². The molecule has 0 unspecified atom stereocenters. The van der Waals surface area contributed by atoms with E-state index in [0.29, 0.717) is 55.0 Å². The summed E-state index contributed by atoms with van der Waals surface area (Å²) >= 11 is 5.88. The molecule has 0 aliphatic carbocycles. The SMILES string of the molecule is COc1cc(C(=O)N2CCOCC2)ccc1OCc1ccc(Cl)cc1. The van der Waals surface area contributed by atoms with Crippen LogP contribution in [0.1, 0.15) is 15.9 Å². The largest absolute Gasteiger partial charge is 0.493 e. The molecular formula is C19H20ClNO4. The maximum atomic E-state index is 12.6. The van der Waals surface area contributed by atoms with Crippen molar-refractivity contribution in [3.8, 4) is 11.5 Å². The second-order valence-electron chi connectivity index (χ2n) is 5.69. The standard InChI is InChI=1S/C19H20ClNO4/c1-23-18-12-15(19(22)21-8-10-24-11-9-21)4-7-17(18)25-13-14-2-5-16(20)6-3-14/h2-7,12H,8-11,13H2,1H3. The molecule has 0 aromatic heterocycles. The fourth-order valence-electron chi connectivity index (χ4n) is 2.61. The van der Waals surface area contributed by atoms with Crippen LogP contribution in [0.5, 0.6) is 11.5 Å². The normalized spacial score (nSPS) is 14.2. The Kier molecular flexibility index (Phi) is 5.79. The van der Waals surface area contributed by atoms with Crippen LogP contribution in [0.3, 0.4) is 0 Å². The average Bonchev–Trinajstić information content (AvgIpc) is 2.67. The number of hydrogen-bond donors (Lipinski definition) is 0. The van der Waals surface area contributed by atoms with Gasteiger partial charge in [0.2, 0.25) is 0 Å². The third kappa shape index (κ3) is 4.44. The molecule has 2 aromatic carbocycles. The molecule has 0 bridgehead atoms. The van der Waals surface area contributed by atoms with Crippen molar-refractivity contribution in [2.24, 2.45) is 0 Å². The minimum Gasteiger partial charge on any atom is -0.493 e. The van der Waals surface area contributed by atoms with Crippen molar-refractivity contribution in [2.45, 2.75) is 6.61 Å². The van der Waals surface area contributed by atoms with Crippen molar-refractivity contribution in [2.75, 3.05) is 33.4 Å². The fourth-order valence-corrected chi connectivity index (χ4v) is 2.74. The summed E-state index contributed by atoms with van der Waals surface area (Å²) in [5.74, 6) is 1.11. The Morgan fingerprint density at radius 2 is 1.84 bits per heavy atom. The van der Waals surface area contributed by atoms with E-state index in [9.17, 15) is 4.79 Å². The van der Waals surface area contributed by atoms with Gasteiger partial charge >= 0.3 is 0 Å². The quantitative estimate of drug-likeness (QED) is 0.819. The number of rotatable bonds is 5. The second kappa shape index (κ2) is 8.23. The smallest absolute Gasteiger partial charge is 0.254 e. The van der Waals surface area contributed by atoms with Crippen LogP contribution in [0.2, 0.25) is 5.02 Å². The maximum Gasteiger partial charge on any atom is 0.254 e. The van der Waals surface area contributed by atoms with E-state index in [4.69, 9.17) is 25.8 Å². The van der Waals surface area contributed by atoms with Crippen LogP contribution in [-0.2, 0) is 11.3 Å². The van der Waals surface area contributed by atoms with Gasteiger partial charge in [0.05, 0.1) is 20.3 Å². The predicted octanol–water partition coefficient (Wildman–Crippen LogP) is 3.40. The molecule has 0 saturated carbocycles. The first-order valence-electron chi connectivity index (χ1n) is 8.09. The first-order valence-corrected chi connectivity index (χ1v) is 8.47. The highest BCUT2D eigenvalue weighted by Gasteiger charge is 2.20. The van der Waals surface area contributed by atoms with Crippen LogP contribution < -0.4 is 9.47 Å². The van der Waals surface area contributed by atoms with Gasteiger partial charge in [-0.1, -0.05) is 23.7 Å². The molecule has 1 aliphatic rings. The Morgan fingerprint density at radius 1 is 1.12 bits per heavy atom. The average molecular weight is 362 g/mol. The van der Waals surface area contributed by atoms with Gasteiger partial charge in [-0.05, 0) is 35.9 Å². The lowest BCUT2D eigenvalue weighted by atomic mass is 10.1. The zero-order valence-electron chi connectivity index (χ0n) is 14.0. The molecule has 1 saturated heterocycles. The Balaban J connectivity index is 1.70. The molecular weight excluding hydrogens is 342 g/mol. The molecule has 1 amide bonds. The monoisotopic (exact) mass is 361 g/mol. The first-order chi connectivity index (χ1) is 12.2. The number of benzene rings is 2. The van der Waals surface area contributed by atoms with Gasteiger partial charge < -0.3 is 19.1 Å². The number of ether oxygens (including phenoxy) is 3. The first kappa shape index (κ1) is 17.6. The topological polar surface area (TPSA) is 48.0 Å². The highest BCUT2D eigenvalue weighted by atomic mass is 35.5. The van der Waals surface area contributed by atoms with Gasteiger partial charge in [-0.15, -0.1) is 0 Å². The number of morpholine rings is 1. The third-order valence-corrected chi connectivity index (χ3v) is 4.27. The molecule has 0 atom stereocenters. The van der Waals surface area contributed by atoms with E-state index in [1.54, 1.807) is 30.2 Å². The van der Waals surface area contributed by atoms with Crippen molar-refractivity contribution in [3.05, 3.63) is 58.6 Å². The molecule has 1 fully saturated rings. The van der Waals surface area contributed by atoms with E-state index < -0.39 is 0 Å². The second-order valence-corrected chi connectivity index (χ2v) is 6.12. The van der Waals surface area contributed by atoms with Gasteiger partial charge in [-0.25, -0.2) is 0 Å². The summed E-state index contributed by atoms with van der Waals surface area (Å²) in [4.78, 5) is 14.3. The van der Waals surface area contributed by atoms with E-state index in [1.165, 1.54) is 0 Å². The number of methoxy groups -OCH3 is 1. The van der Waals surface area contributed by atoms with E-state index in [1.807, 2.05) is 24.3 Å².